The number of nitrogens with one attached hydrogen (secondary N) is 2. The third-order valence-corrected chi connectivity index (χ3v) is 6.19. The first-order valence-corrected chi connectivity index (χ1v) is 11.2. The van der Waals surface area contributed by atoms with Crippen molar-refractivity contribution in [3.05, 3.63) is 48.2 Å². The molecule has 0 saturated carbocycles. The van der Waals surface area contributed by atoms with Crippen molar-refractivity contribution in [2.75, 3.05) is 13.1 Å². The van der Waals surface area contributed by atoms with Gasteiger partial charge in [0.2, 0.25) is 15.9 Å². The van der Waals surface area contributed by atoms with Crippen LogP contribution in [0.15, 0.2) is 42.6 Å². The standard InChI is InChI=1S/C20H31N3O3S/c1-4-21-20(24)19(14-17(3)23-13-9-8-10-16(23)2)22-27(25,26)15-18-11-6-5-7-12-18/h5-7,11-12,16,19,22H,3-4,8-10,13-15H2,1-2H3,(H,21,24)/t16-,19-/m0/s1. The summed E-state index contributed by atoms with van der Waals surface area (Å²) in [5.41, 5.74) is 1.49. The zero-order valence-electron chi connectivity index (χ0n) is 16.3. The number of hydrogen-bond acceptors (Lipinski definition) is 4. The molecule has 150 valence electrons. The highest BCUT2D eigenvalue weighted by atomic mass is 32.2. The summed E-state index contributed by atoms with van der Waals surface area (Å²) in [7, 11) is -3.66. The largest absolute Gasteiger partial charge is 0.373 e. The molecule has 2 atom stereocenters. The number of hydrogen-bond donors (Lipinski definition) is 2. The molecule has 6 nitrogen and oxygen atoms in total. The highest BCUT2D eigenvalue weighted by Gasteiger charge is 2.28. The Labute approximate surface area is 163 Å². The van der Waals surface area contributed by atoms with E-state index in [-0.39, 0.29) is 18.1 Å². The van der Waals surface area contributed by atoms with Crippen LogP contribution < -0.4 is 10.0 Å². The highest BCUT2D eigenvalue weighted by molar-refractivity contribution is 7.88. The number of likely N-dealkylation sites (tertiary alicyclic amines) is 1. The molecule has 27 heavy (non-hydrogen) atoms. The van der Waals surface area contributed by atoms with Gasteiger partial charge in [-0.3, -0.25) is 4.79 Å². The van der Waals surface area contributed by atoms with Crippen LogP contribution in [0.3, 0.4) is 0 Å². The molecule has 0 radical (unpaired) electrons. The highest BCUT2D eigenvalue weighted by Crippen LogP contribution is 2.23. The van der Waals surface area contributed by atoms with E-state index < -0.39 is 16.1 Å². The number of rotatable bonds is 9. The van der Waals surface area contributed by atoms with Crippen LogP contribution in [0.1, 0.15) is 45.1 Å². The summed E-state index contributed by atoms with van der Waals surface area (Å²) in [6, 6.07) is 8.45. The van der Waals surface area contributed by atoms with E-state index in [1.807, 2.05) is 13.0 Å². The van der Waals surface area contributed by atoms with Gasteiger partial charge in [-0.05, 0) is 38.7 Å². The monoisotopic (exact) mass is 393 g/mol. The molecule has 1 heterocycles. The number of benzene rings is 1. The molecule has 0 aromatic heterocycles. The van der Waals surface area contributed by atoms with Gasteiger partial charge in [-0.15, -0.1) is 0 Å². The lowest BCUT2D eigenvalue weighted by Gasteiger charge is -2.37. The molecule has 0 aliphatic carbocycles. The topological polar surface area (TPSA) is 78.5 Å². The molecule has 1 amide bonds. The van der Waals surface area contributed by atoms with Gasteiger partial charge >= 0.3 is 0 Å². The summed E-state index contributed by atoms with van der Waals surface area (Å²) in [6.45, 7) is 9.44. The van der Waals surface area contributed by atoms with Gasteiger partial charge in [0.05, 0.1) is 5.75 Å². The minimum atomic E-state index is -3.66. The zero-order chi connectivity index (χ0) is 19.9. The summed E-state index contributed by atoms with van der Waals surface area (Å²) < 4.78 is 27.8. The maximum Gasteiger partial charge on any atom is 0.238 e. The van der Waals surface area contributed by atoms with Gasteiger partial charge in [-0.1, -0.05) is 36.9 Å². The van der Waals surface area contributed by atoms with Crippen LogP contribution in [0.5, 0.6) is 0 Å². The quantitative estimate of drug-likeness (QED) is 0.675. The summed E-state index contributed by atoms with van der Waals surface area (Å²) in [5, 5.41) is 2.73. The van der Waals surface area contributed by atoms with Crippen LogP contribution >= 0.6 is 0 Å². The maximum atomic E-state index is 12.6. The minimum absolute atomic E-state index is 0.156. The molecule has 2 rings (SSSR count). The van der Waals surface area contributed by atoms with E-state index in [9.17, 15) is 13.2 Å². The van der Waals surface area contributed by atoms with Crippen molar-refractivity contribution in [1.29, 1.82) is 0 Å². The molecule has 7 heteroatoms. The van der Waals surface area contributed by atoms with Crippen molar-refractivity contribution in [3.63, 3.8) is 0 Å². The summed E-state index contributed by atoms with van der Waals surface area (Å²) in [6.07, 6.45) is 3.64. The third kappa shape index (κ3) is 6.66. The summed E-state index contributed by atoms with van der Waals surface area (Å²) >= 11 is 0. The third-order valence-electron chi connectivity index (χ3n) is 4.84. The molecule has 1 aliphatic rings. The lowest BCUT2D eigenvalue weighted by atomic mass is 10.0. The van der Waals surface area contributed by atoms with Crippen molar-refractivity contribution in [1.82, 2.24) is 14.9 Å². The Morgan fingerprint density at radius 3 is 2.63 bits per heavy atom. The maximum absolute atomic E-state index is 12.6. The van der Waals surface area contributed by atoms with Crippen LogP contribution in [0.25, 0.3) is 0 Å². The van der Waals surface area contributed by atoms with E-state index >= 15 is 0 Å². The fraction of sp³-hybridized carbons (Fsp3) is 0.550. The molecule has 1 aromatic carbocycles. The van der Waals surface area contributed by atoms with Crippen LogP contribution in [0.4, 0.5) is 0 Å². The van der Waals surface area contributed by atoms with E-state index in [1.54, 1.807) is 24.3 Å². The molecule has 1 aliphatic heterocycles. The number of nitrogens with zero attached hydrogens (tertiary/aromatic N) is 1. The summed E-state index contributed by atoms with van der Waals surface area (Å²) in [5.74, 6) is -0.476. The molecule has 1 saturated heterocycles. The number of carbonyl (C=O) groups excluding carboxylic acids is 1. The number of amides is 1. The van der Waals surface area contributed by atoms with E-state index in [0.29, 0.717) is 18.2 Å². The van der Waals surface area contributed by atoms with Crippen molar-refractivity contribution in [2.45, 2.75) is 57.4 Å². The van der Waals surface area contributed by atoms with E-state index in [4.69, 9.17) is 0 Å². The molecule has 1 fully saturated rings. The fourth-order valence-electron chi connectivity index (χ4n) is 3.46. The zero-order valence-corrected chi connectivity index (χ0v) is 17.1. The fourth-order valence-corrected chi connectivity index (χ4v) is 4.80. The van der Waals surface area contributed by atoms with E-state index in [2.05, 4.69) is 28.4 Å². The Morgan fingerprint density at radius 1 is 1.30 bits per heavy atom. The first-order valence-electron chi connectivity index (χ1n) is 9.58. The van der Waals surface area contributed by atoms with Crippen LogP contribution in [0, 0.1) is 0 Å². The number of likely N-dealkylation sites (N-methyl/N-ethyl adjacent to an activating group) is 1. The van der Waals surface area contributed by atoms with Crippen molar-refractivity contribution in [2.24, 2.45) is 0 Å². The van der Waals surface area contributed by atoms with Gasteiger partial charge in [-0.2, -0.15) is 0 Å². The predicted octanol–water partition coefficient (Wildman–Crippen LogP) is 2.39. The smallest absolute Gasteiger partial charge is 0.238 e. The molecule has 0 unspecified atom stereocenters. The molecule has 1 aromatic rings. The van der Waals surface area contributed by atoms with E-state index in [1.165, 1.54) is 6.42 Å². The van der Waals surface area contributed by atoms with Gasteiger partial charge in [0, 0.05) is 31.2 Å². The van der Waals surface area contributed by atoms with Crippen LogP contribution in [-0.2, 0) is 20.6 Å². The lowest BCUT2D eigenvalue weighted by Crippen LogP contribution is -2.48. The first kappa shape index (κ1) is 21.4. The molecule has 0 bridgehead atoms. The second-order valence-electron chi connectivity index (χ2n) is 7.12. The summed E-state index contributed by atoms with van der Waals surface area (Å²) in [4.78, 5) is 14.7. The van der Waals surface area contributed by atoms with Gasteiger partial charge < -0.3 is 10.2 Å². The number of carbonyl (C=O) groups is 1. The second kappa shape index (κ2) is 9.90. The average molecular weight is 394 g/mol. The SMILES string of the molecule is C=C(C[C@H](NS(=O)(=O)Cc1ccccc1)C(=O)NCC)N1CCCC[C@@H]1C. The van der Waals surface area contributed by atoms with Gasteiger partial charge in [0.1, 0.15) is 6.04 Å². The Kier molecular flexibility index (Phi) is 7.86. The average Bonchev–Trinajstić information content (AvgIpc) is 2.62. The number of piperidine rings is 1. The Balaban J connectivity index is 2.09. The molecule has 0 spiro atoms. The second-order valence-corrected chi connectivity index (χ2v) is 8.87. The Morgan fingerprint density at radius 2 is 2.00 bits per heavy atom. The Hall–Kier alpha value is -1.86. The molecular formula is C20H31N3O3S. The van der Waals surface area contributed by atoms with E-state index in [0.717, 1.165) is 25.1 Å². The normalized spacial score (nSPS) is 18.7. The lowest BCUT2D eigenvalue weighted by molar-refractivity contribution is -0.122. The van der Waals surface area contributed by atoms with Crippen LogP contribution in [0.2, 0.25) is 0 Å². The van der Waals surface area contributed by atoms with Gasteiger partial charge in [-0.25, -0.2) is 13.1 Å². The first-order chi connectivity index (χ1) is 12.8. The molecular weight excluding hydrogens is 362 g/mol. The van der Waals surface area contributed by atoms with Crippen molar-refractivity contribution in [3.8, 4) is 0 Å². The molecule has 2 N–H and O–H groups in total. The predicted molar refractivity (Wildman–Crippen MR) is 108 cm³/mol. The van der Waals surface area contributed by atoms with Crippen molar-refractivity contribution < 1.29 is 13.2 Å². The minimum Gasteiger partial charge on any atom is -0.373 e. The number of sulfonamides is 1. The van der Waals surface area contributed by atoms with Crippen molar-refractivity contribution >= 4 is 15.9 Å². The van der Waals surface area contributed by atoms with Gasteiger partial charge in [0.25, 0.3) is 0 Å². The Bertz CT molecular complexity index is 734. The van der Waals surface area contributed by atoms with Crippen LogP contribution in [-0.4, -0.2) is 44.4 Å². The van der Waals surface area contributed by atoms with Gasteiger partial charge in [0.15, 0.2) is 0 Å².